The van der Waals surface area contributed by atoms with Gasteiger partial charge in [-0.2, -0.15) is 0 Å². The van der Waals surface area contributed by atoms with Gasteiger partial charge >= 0.3 is 0 Å². The number of para-hydroxylation sites is 2. The summed E-state index contributed by atoms with van der Waals surface area (Å²) in [6.07, 6.45) is 2.04. The van der Waals surface area contributed by atoms with E-state index in [0.29, 0.717) is 0 Å². The molecule has 0 N–H and O–H groups in total. The number of anilines is 4. The Labute approximate surface area is 149 Å². The van der Waals surface area contributed by atoms with Gasteiger partial charge in [0.05, 0.1) is 5.69 Å². The summed E-state index contributed by atoms with van der Waals surface area (Å²) in [6.45, 7) is 3.25. The van der Waals surface area contributed by atoms with Crippen molar-refractivity contribution in [1.82, 2.24) is 0 Å². The lowest BCUT2D eigenvalue weighted by atomic mass is 9.87. The maximum absolute atomic E-state index is 2.51. The molecule has 2 heteroatoms. The van der Waals surface area contributed by atoms with Crippen LogP contribution in [0.2, 0.25) is 0 Å². The zero-order valence-electron chi connectivity index (χ0n) is 14.8. The average Bonchev–Trinajstić information content (AvgIpc) is 2.66. The number of rotatable bonds is 1. The maximum Gasteiger partial charge on any atom is 0.0503 e. The highest BCUT2D eigenvalue weighted by Crippen LogP contribution is 2.47. The van der Waals surface area contributed by atoms with E-state index < -0.39 is 0 Å². The van der Waals surface area contributed by atoms with E-state index in [0.717, 1.165) is 19.4 Å². The van der Waals surface area contributed by atoms with E-state index in [1.165, 1.54) is 45.0 Å². The molecule has 2 heterocycles. The van der Waals surface area contributed by atoms with E-state index in [1.54, 1.807) is 0 Å². The van der Waals surface area contributed by atoms with Crippen molar-refractivity contribution >= 4 is 22.7 Å². The van der Waals surface area contributed by atoms with Crippen molar-refractivity contribution in [3.8, 4) is 0 Å². The predicted octanol–water partition coefficient (Wildman–Crippen LogP) is 5.42. The molecule has 2 aliphatic heterocycles. The fourth-order valence-electron chi connectivity index (χ4n) is 4.53. The number of hydrogen-bond acceptors (Lipinski definition) is 2. The molecule has 0 bridgehead atoms. The average molecular weight is 326 g/mol. The van der Waals surface area contributed by atoms with Crippen LogP contribution in [0, 0.1) is 0 Å². The van der Waals surface area contributed by atoms with Crippen molar-refractivity contribution in [3.63, 3.8) is 0 Å². The molecule has 25 heavy (non-hydrogen) atoms. The van der Waals surface area contributed by atoms with Gasteiger partial charge in [-0.1, -0.05) is 42.5 Å². The minimum atomic E-state index is 0.992. The Morgan fingerprint density at radius 1 is 0.720 bits per heavy atom. The Bertz CT molecular complexity index is 974. The van der Waals surface area contributed by atoms with Crippen LogP contribution in [0.4, 0.5) is 22.7 Å². The summed E-state index contributed by atoms with van der Waals surface area (Å²) in [5.74, 6) is 0. The number of benzene rings is 3. The minimum Gasteiger partial charge on any atom is -0.344 e. The quantitative estimate of drug-likeness (QED) is 0.589. The molecule has 0 saturated carbocycles. The van der Waals surface area contributed by atoms with Crippen molar-refractivity contribution in [1.29, 1.82) is 0 Å². The van der Waals surface area contributed by atoms with Gasteiger partial charge in [-0.25, -0.2) is 0 Å². The second-order valence-electron chi connectivity index (χ2n) is 6.99. The molecule has 3 aromatic rings. The SMILES string of the molecule is CCN1c2ccccc2Cc2ccc3c(c21)Cc1ccccc1N3C. The van der Waals surface area contributed by atoms with Gasteiger partial charge < -0.3 is 9.80 Å². The molecule has 5 rings (SSSR count). The molecule has 2 nitrogen and oxygen atoms in total. The van der Waals surface area contributed by atoms with Gasteiger partial charge in [0.1, 0.15) is 0 Å². The Balaban J connectivity index is 1.73. The highest BCUT2D eigenvalue weighted by atomic mass is 15.2. The van der Waals surface area contributed by atoms with Gasteiger partial charge in [0.2, 0.25) is 0 Å². The molecule has 0 saturated heterocycles. The van der Waals surface area contributed by atoms with Gasteiger partial charge in [-0.05, 0) is 41.8 Å². The lowest BCUT2D eigenvalue weighted by Gasteiger charge is -2.39. The lowest BCUT2D eigenvalue weighted by Crippen LogP contribution is -2.27. The van der Waals surface area contributed by atoms with E-state index in [2.05, 4.69) is 84.4 Å². The van der Waals surface area contributed by atoms with E-state index in [9.17, 15) is 0 Å². The summed E-state index contributed by atoms with van der Waals surface area (Å²) in [4.78, 5) is 4.86. The van der Waals surface area contributed by atoms with Gasteiger partial charge in [0.25, 0.3) is 0 Å². The van der Waals surface area contributed by atoms with E-state index in [-0.39, 0.29) is 0 Å². The van der Waals surface area contributed by atoms with Crippen LogP contribution in [-0.2, 0) is 12.8 Å². The maximum atomic E-state index is 2.51. The molecule has 0 atom stereocenters. The van der Waals surface area contributed by atoms with Crippen molar-refractivity contribution in [2.75, 3.05) is 23.4 Å². The first-order chi connectivity index (χ1) is 12.3. The van der Waals surface area contributed by atoms with Gasteiger partial charge in [0.15, 0.2) is 0 Å². The van der Waals surface area contributed by atoms with Crippen LogP contribution in [0.1, 0.15) is 29.2 Å². The van der Waals surface area contributed by atoms with Gasteiger partial charge in [0, 0.05) is 49.1 Å². The molecule has 2 aliphatic rings. The number of hydrogen-bond donors (Lipinski definition) is 0. The summed E-state index contributed by atoms with van der Waals surface area (Å²) in [5, 5.41) is 0. The van der Waals surface area contributed by atoms with Crippen molar-refractivity contribution in [3.05, 3.63) is 82.9 Å². The van der Waals surface area contributed by atoms with Crippen LogP contribution in [0.5, 0.6) is 0 Å². The summed E-state index contributed by atoms with van der Waals surface area (Å²) in [7, 11) is 2.19. The second-order valence-corrected chi connectivity index (χ2v) is 6.99. The first-order valence-electron chi connectivity index (χ1n) is 9.09. The summed E-state index contributed by atoms with van der Waals surface area (Å²) >= 11 is 0. The predicted molar refractivity (Wildman–Crippen MR) is 106 cm³/mol. The van der Waals surface area contributed by atoms with E-state index in [4.69, 9.17) is 0 Å². The highest BCUT2D eigenvalue weighted by molar-refractivity contribution is 5.85. The fraction of sp³-hybridized carbons (Fsp3) is 0.217. The zero-order valence-corrected chi connectivity index (χ0v) is 14.8. The summed E-state index contributed by atoms with van der Waals surface area (Å²) in [6, 6.07) is 22.3. The van der Waals surface area contributed by atoms with E-state index in [1.807, 2.05) is 0 Å². The molecular weight excluding hydrogens is 304 g/mol. The molecular formula is C23H22N2. The molecule has 0 aromatic heterocycles. The third kappa shape index (κ3) is 2.03. The second kappa shape index (κ2) is 5.38. The molecule has 0 aliphatic carbocycles. The normalized spacial score (nSPS) is 14.5. The van der Waals surface area contributed by atoms with Gasteiger partial charge in [-0.15, -0.1) is 0 Å². The van der Waals surface area contributed by atoms with Crippen molar-refractivity contribution < 1.29 is 0 Å². The molecule has 0 spiro atoms. The van der Waals surface area contributed by atoms with E-state index >= 15 is 0 Å². The smallest absolute Gasteiger partial charge is 0.0503 e. The number of nitrogens with zero attached hydrogens (tertiary/aromatic N) is 2. The Morgan fingerprint density at radius 2 is 1.40 bits per heavy atom. The summed E-state index contributed by atoms with van der Waals surface area (Å²) in [5.41, 5.74) is 11.2. The molecule has 124 valence electrons. The third-order valence-electron chi connectivity index (χ3n) is 5.67. The molecule has 0 unspecified atom stereocenters. The monoisotopic (exact) mass is 326 g/mol. The zero-order chi connectivity index (χ0) is 17.0. The standard InChI is InChI=1S/C23H22N2/c1-3-25-21-11-7-5-8-16(21)14-18-12-13-22-19(23(18)25)15-17-9-4-6-10-20(17)24(22)2/h4-13H,3,14-15H2,1-2H3. The van der Waals surface area contributed by atoms with Crippen LogP contribution in [0.3, 0.4) is 0 Å². The molecule has 3 aromatic carbocycles. The fourth-order valence-corrected chi connectivity index (χ4v) is 4.53. The van der Waals surface area contributed by atoms with Crippen molar-refractivity contribution in [2.24, 2.45) is 0 Å². The largest absolute Gasteiger partial charge is 0.344 e. The lowest BCUT2D eigenvalue weighted by molar-refractivity contribution is 0.933. The van der Waals surface area contributed by atoms with Crippen molar-refractivity contribution in [2.45, 2.75) is 19.8 Å². The molecule has 0 radical (unpaired) electrons. The molecule has 0 amide bonds. The van der Waals surface area contributed by atoms with Crippen LogP contribution in [-0.4, -0.2) is 13.6 Å². The van der Waals surface area contributed by atoms with Crippen LogP contribution < -0.4 is 9.80 Å². The Hall–Kier alpha value is -2.74. The summed E-state index contributed by atoms with van der Waals surface area (Å²) < 4.78 is 0. The van der Waals surface area contributed by atoms with Gasteiger partial charge in [-0.3, -0.25) is 0 Å². The highest BCUT2D eigenvalue weighted by Gasteiger charge is 2.29. The first-order valence-corrected chi connectivity index (χ1v) is 9.09. The third-order valence-corrected chi connectivity index (χ3v) is 5.67. The number of fused-ring (bicyclic) bond motifs is 5. The molecule has 0 fully saturated rings. The van der Waals surface area contributed by atoms with Crippen LogP contribution >= 0.6 is 0 Å². The van der Waals surface area contributed by atoms with Crippen LogP contribution in [0.15, 0.2) is 60.7 Å². The Kier molecular flexibility index (Phi) is 3.14. The first kappa shape index (κ1) is 14.6. The van der Waals surface area contributed by atoms with Crippen LogP contribution in [0.25, 0.3) is 0 Å². The minimum absolute atomic E-state index is 0.992. The Morgan fingerprint density at radius 3 is 2.16 bits per heavy atom. The topological polar surface area (TPSA) is 6.48 Å².